The van der Waals surface area contributed by atoms with Gasteiger partial charge < -0.3 is 20.3 Å². The van der Waals surface area contributed by atoms with E-state index in [4.69, 9.17) is 16.3 Å². The predicted molar refractivity (Wildman–Crippen MR) is 78.1 cm³/mol. The highest BCUT2D eigenvalue weighted by Crippen LogP contribution is 2.26. The van der Waals surface area contributed by atoms with Crippen molar-refractivity contribution >= 4 is 23.2 Å². The molecule has 0 bridgehead atoms. The highest BCUT2D eigenvalue weighted by Gasteiger charge is 2.05. The molecule has 6 heteroatoms. The molecule has 0 saturated carbocycles. The maximum absolute atomic E-state index is 11.7. The summed E-state index contributed by atoms with van der Waals surface area (Å²) in [5.74, 6) is 0.490. The highest BCUT2D eigenvalue weighted by molar-refractivity contribution is 6.32. The fourth-order valence-electron chi connectivity index (χ4n) is 1.45. The number of hydrogen-bond acceptors (Lipinski definition) is 4. The molecular formula is C13H20ClN3O2. The molecule has 2 N–H and O–H groups in total. The van der Waals surface area contributed by atoms with E-state index in [-0.39, 0.29) is 12.5 Å². The zero-order valence-corrected chi connectivity index (χ0v) is 12.3. The number of anilines is 1. The van der Waals surface area contributed by atoms with E-state index in [1.807, 2.05) is 19.0 Å². The largest absolute Gasteiger partial charge is 0.495 e. The lowest BCUT2D eigenvalue weighted by atomic mass is 10.3. The summed E-state index contributed by atoms with van der Waals surface area (Å²) in [6, 6.07) is 5.14. The minimum atomic E-state index is -0.0972. The van der Waals surface area contributed by atoms with E-state index < -0.39 is 0 Å². The Kier molecular flexibility index (Phi) is 6.62. The first-order valence-electron chi connectivity index (χ1n) is 6.01. The van der Waals surface area contributed by atoms with Gasteiger partial charge in [0.2, 0.25) is 5.91 Å². The van der Waals surface area contributed by atoms with Gasteiger partial charge in [0.25, 0.3) is 0 Å². The molecule has 5 nitrogen and oxygen atoms in total. The van der Waals surface area contributed by atoms with Crippen LogP contribution in [-0.2, 0) is 4.79 Å². The molecule has 0 aliphatic heterocycles. The Morgan fingerprint density at radius 1 is 1.42 bits per heavy atom. The van der Waals surface area contributed by atoms with E-state index in [2.05, 4.69) is 10.6 Å². The zero-order chi connectivity index (χ0) is 14.3. The number of carbonyl (C=O) groups is 1. The van der Waals surface area contributed by atoms with Gasteiger partial charge in [-0.15, -0.1) is 0 Å². The Morgan fingerprint density at radius 3 is 2.74 bits per heavy atom. The monoisotopic (exact) mass is 285 g/mol. The summed E-state index contributed by atoms with van der Waals surface area (Å²) < 4.78 is 5.05. The molecule has 1 aromatic rings. The second-order valence-corrected chi connectivity index (χ2v) is 4.78. The molecule has 0 aliphatic rings. The number of nitrogens with one attached hydrogen (secondary N) is 2. The van der Waals surface area contributed by atoms with Crippen LogP contribution in [-0.4, -0.2) is 51.6 Å². The number of hydrogen-bond donors (Lipinski definition) is 2. The Morgan fingerprint density at radius 2 is 2.16 bits per heavy atom. The van der Waals surface area contributed by atoms with Gasteiger partial charge in [0, 0.05) is 18.8 Å². The molecule has 0 unspecified atom stereocenters. The third-order valence-electron chi connectivity index (χ3n) is 2.46. The van der Waals surface area contributed by atoms with Crippen molar-refractivity contribution in [3.63, 3.8) is 0 Å². The smallest absolute Gasteiger partial charge is 0.238 e. The number of nitrogens with zero attached hydrogens (tertiary/aromatic N) is 1. The van der Waals surface area contributed by atoms with Gasteiger partial charge in [-0.1, -0.05) is 11.6 Å². The summed E-state index contributed by atoms with van der Waals surface area (Å²) in [5.41, 5.74) is 0.658. The maximum Gasteiger partial charge on any atom is 0.238 e. The van der Waals surface area contributed by atoms with Gasteiger partial charge in [-0.3, -0.25) is 4.79 Å². The molecule has 0 heterocycles. The van der Waals surface area contributed by atoms with Gasteiger partial charge in [-0.05, 0) is 32.3 Å². The molecule has 19 heavy (non-hydrogen) atoms. The van der Waals surface area contributed by atoms with Gasteiger partial charge >= 0.3 is 0 Å². The number of amides is 1. The lowest BCUT2D eigenvalue weighted by molar-refractivity contribution is -0.115. The van der Waals surface area contributed by atoms with Crippen LogP contribution in [0.5, 0.6) is 5.75 Å². The Bertz CT molecular complexity index is 424. The Hall–Kier alpha value is -1.30. The maximum atomic E-state index is 11.7. The average Bonchev–Trinajstić information content (AvgIpc) is 2.35. The number of halogens is 1. The Labute approximate surface area is 118 Å². The van der Waals surface area contributed by atoms with Crippen molar-refractivity contribution in [3.05, 3.63) is 23.2 Å². The molecule has 0 saturated heterocycles. The summed E-state index contributed by atoms with van der Waals surface area (Å²) in [6.07, 6.45) is 0. The number of ether oxygens (including phenoxy) is 1. The number of methoxy groups -OCH3 is 1. The minimum absolute atomic E-state index is 0.0972. The quantitative estimate of drug-likeness (QED) is 0.745. The van der Waals surface area contributed by atoms with Crippen molar-refractivity contribution in [2.45, 2.75) is 0 Å². The normalized spacial score (nSPS) is 10.6. The molecule has 0 radical (unpaired) electrons. The van der Waals surface area contributed by atoms with Crippen LogP contribution in [0.15, 0.2) is 18.2 Å². The van der Waals surface area contributed by atoms with Crippen LogP contribution in [0.2, 0.25) is 5.02 Å². The summed E-state index contributed by atoms with van der Waals surface area (Å²) in [5, 5.41) is 6.30. The zero-order valence-electron chi connectivity index (χ0n) is 11.5. The third-order valence-corrected chi connectivity index (χ3v) is 2.75. The van der Waals surface area contributed by atoms with Crippen LogP contribution in [0.25, 0.3) is 0 Å². The van der Waals surface area contributed by atoms with Crippen molar-refractivity contribution in [3.8, 4) is 5.75 Å². The second-order valence-electron chi connectivity index (χ2n) is 4.38. The summed E-state index contributed by atoms with van der Waals surface area (Å²) in [4.78, 5) is 13.7. The number of likely N-dealkylation sites (N-methyl/N-ethyl adjacent to an activating group) is 1. The number of benzene rings is 1. The third kappa shape index (κ3) is 5.92. The predicted octanol–water partition coefficient (Wildman–Crippen LogP) is 1.44. The Balaban J connectivity index is 2.38. The van der Waals surface area contributed by atoms with Crippen LogP contribution in [0, 0.1) is 0 Å². The molecule has 0 spiro atoms. The van der Waals surface area contributed by atoms with Crippen molar-refractivity contribution in [1.82, 2.24) is 10.2 Å². The first-order chi connectivity index (χ1) is 9.02. The van der Waals surface area contributed by atoms with Crippen molar-refractivity contribution in [2.24, 2.45) is 0 Å². The van der Waals surface area contributed by atoms with Crippen molar-refractivity contribution in [1.29, 1.82) is 0 Å². The van der Waals surface area contributed by atoms with Gasteiger partial charge in [0.15, 0.2) is 0 Å². The van der Waals surface area contributed by atoms with E-state index in [0.717, 1.165) is 13.1 Å². The fourth-order valence-corrected chi connectivity index (χ4v) is 1.71. The van der Waals surface area contributed by atoms with E-state index >= 15 is 0 Å². The van der Waals surface area contributed by atoms with E-state index in [9.17, 15) is 4.79 Å². The second kappa shape index (κ2) is 7.99. The van der Waals surface area contributed by atoms with Gasteiger partial charge in [-0.25, -0.2) is 0 Å². The van der Waals surface area contributed by atoms with E-state index in [0.29, 0.717) is 16.5 Å². The van der Waals surface area contributed by atoms with Crippen molar-refractivity contribution in [2.75, 3.05) is 46.2 Å². The van der Waals surface area contributed by atoms with Gasteiger partial charge in [-0.2, -0.15) is 0 Å². The molecule has 1 aromatic carbocycles. The van der Waals surface area contributed by atoms with Crippen LogP contribution in [0.3, 0.4) is 0 Å². The number of rotatable bonds is 7. The van der Waals surface area contributed by atoms with Gasteiger partial charge in [0.05, 0.1) is 18.7 Å². The van der Waals surface area contributed by atoms with Crippen LogP contribution in [0.4, 0.5) is 5.69 Å². The highest BCUT2D eigenvalue weighted by atomic mass is 35.5. The van der Waals surface area contributed by atoms with E-state index in [1.54, 1.807) is 25.3 Å². The molecule has 0 atom stereocenters. The lowest BCUT2D eigenvalue weighted by Gasteiger charge is -2.11. The van der Waals surface area contributed by atoms with E-state index in [1.165, 1.54) is 0 Å². The van der Waals surface area contributed by atoms with Gasteiger partial charge in [0.1, 0.15) is 5.75 Å². The minimum Gasteiger partial charge on any atom is -0.495 e. The average molecular weight is 286 g/mol. The molecule has 1 rings (SSSR count). The summed E-state index contributed by atoms with van der Waals surface area (Å²) >= 11 is 5.98. The molecular weight excluding hydrogens is 266 g/mol. The first kappa shape index (κ1) is 15.8. The SMILES string of the molecule is COc1ccc(NC(=O)CNCCN(C)C)cc1Cl. The van der Waals surface area contributed by atoms with Crippen molar-refractivity contribution < 1.29 is 9.53 Å². The fraction of sp³-hybridized carbons (Fsp3) is 0.462. The van der Waals surface area contributed by atoms with Crippen LogP contribution < -0.4 is 15.4 Å². The molecule has 106 valence electrons. The number of carbonyl (C=O) groups excluding carboxylic acids is 1. The first-order valence-corrected chi connectivity index (χ1v) is 6.39. The summed E-state index contributed by atoms with van der Waals surface area (Å²) in [7, 11) is 5.52. The molecule has 0 aliphatic carbocycles. The standard InChI is InChI=1S/C13H20ClN3O2/c1-17(2)7-6-15-9-13(18)16-10-4-5-12(19-3)11(14)8-10/h4-5,8,15H,6-7,9H2,1-3H3,(H,16,18). The molecule has 1 amide bonds. The molecule has 0 fully saturated rings. The molecule has 0 aromatic heterocycles. The topological polar surface area (TPSA) is 53.6 Å². The van der Waals surface area contributed by atoms with Crippen LogP contribution >= 0.6 is 11.6 Å². The summed E-state index contributed by atoms with van der Waals surface area (Å²) in [6.45, 7) is 1.93. The van der Waals surface area contributed by atoms with Crippen LogP contribution in [0.1, 0.15) is 0 Å². The lowest BCUT2D eigenvalue weighted by Crippen LogP contribution is -2.33.